The van der Waals surface area contributed by atoms with Crippen molar-refractivity contribution in [2.24, 2.45) is 0 Å². The zero-order chi connectivity index (χ0) is 13.1. The Morgan fingerprint density at radius 1 is 1.28 bits per heavy atom. The normalized spacial score (nSPS) is 14.2. The fourth-order valence-corrected chi connectivity index (χ4v) is 2.11. The first-order valence-corrected chi connectivity index (χ1v) is 5.83. The van der Waals surface area contributed by atoms with Crippen molar-refractivity contribution in [3.63, 3.8) is 0 Å². The molecule has 0 spiro atoms. The summed E-state index contributed by atoms with van der Waals surface area (Å²) >= 11 is 0. The minimum atomic E-state index is -0.970. The van der Waals surface area contributed by atoms with Crippen molar-refractivity contribution in [2.75, 3.05) is 6.54 Å². The van der Waals surface area contributed by atoms with E-state index in [0.29, 0.717) is 19.5 Å². The van der Waals surface area contributed by atoms with Gasteiger partial charge in [0.15, 0.2) is 0 Å². The first-order valence-electron chi connectivity index (χ1n) is 5.83. The van der Waals surface area contributed by atoms with Gasteiger partial charge in [0.2, 0.25) is 5.91 Å². The van der Waals surface area contributed by atoms with Crippen molar-refractivity contribution < 1.29 is 19.1 Å². The molecule has 1 amide bonds. The molecule has 0 aromatic heterocycles. The Hall–Kier alpha value is -1.91. The number of aliphatic carboxylic acids is 1. The Bertz CT molecular complexity index is 487. The SMILES string of the molecule is O=C(O)CCC(=O)N1CCc2cc(F)ccc2C1. The van der Waals surface area contributed by atoms with E-state index in [2.05, 4.69) is 0 Å². The molecule has 1 N–H and O–H groups in total. The van der Waals surface area contributed by atoms with E-state index in [0.717, 1.165) is 11.1 Å². The van der Waals surface area contributed by atoms with E-state index in [9.17, 15) is 14.0 Å². The Morgan fingerprint density at radius 3 is 2.78 bits per heavy atom. The van der Waals surface area contributed by atoms with Gasteiger partial charge in [-0.3, -0.25) is 9.59 Å². The lowest BCUT2D eigenvalue weighted by Crippen LogP contribution is -2.36. The number of carboxylic acid groups (broad SMARTS) is 1. The van der Waals surface area contributed by atoms with Crippen LogP contribution >= 0.6 is 0 Å². The number of hydrogen-bond acceptors (Lipinski definition) is 2. The summed E-state index contributed by atoms with van der Waals surface area (Å²) in [4.78, 5) is 23.8. The molecule has 1 aliphatic rings. The number of fused-ring (bicyclic) bond motifs is 1. The molecule has 0 aliphatic carbocycles. The highest BCUT2D eigenvalue weighted by molar-refractivity contribution is 5.80. The van der Waals surface area contributed by atoms with Gasteiger partial charge in [0.25, 0.3) is 0 Å². The molecule has 1 heterocycles. The van der Waals surface area contributed by atoms with Crippen LogP contribution < -0.4 is 0 Å². The fraction of sp³-hybridized carbons (Fsp3) is 0.385. The monoisotopic (exact) mass is 251 g/mol. The molecule has 5 heteroatoms. The zero-order valence-electron chi connectivity index (χ0n) is 9.86. The second kappa shape index (κ2) is 5.16. The molecular weight excluding hydrogens is 237 g/mol. The van der Waals surface area contributed by atoms with Crippen molar-refractivity contribution in [3.8, 4) is 0 Å². The van der Waals surface area contributed by atoms with E-state index in [-0.39, 0.29) is 24.6 Å². The summed E-state index contributed by atoms with van der Waals surface area (Å²) in [6.07, 6.45) is 0.489. The quantitative estimate of drug-likeness (QED) is 0.887. The summed E-state index contributed by atoms with van der Waals surface area (Å²) in [5, 5.41) is 8.54. The first kappa shape index (κ1) is 12.5. The summed E-state index contributed by atoms with van der Waals surface area (Å²) in [6.45, 7) is 0.961. The maximum atomic E-state index is 13.0. The number of benzene rings is 1. The molecule has 1 aromatic rings. The van der Waals surface area contributed by atoms with Crippen LogP contribution in [0.4, 0.5) is 4.39 Å². The molecule has 18 heavy (non-hydrogen) atoms. The highest BCUT2D eigenvalue weighted by atomic mass is 19.1. The standard InChI is InChI=1S/C13H14FNO3/c14-11-2-1-10-8-15(6-5-9(10)7-11)12(16)3-4-13(17)18/h1-2,7H,3-6,8H2,(H,17,18). The number of halogens is 1. The number of carbonyl (C=O) groups is 2. The number of rotatable bonds is 3. The number of nitrogens with zero attached hydrogens (tertiary/aromatic N) is 1. The van der Waals surface area contributed by atoms with Crippen LogP contribution in [0.1, 0.15) is 24.0 Å². The van der Waals surface area contributed by atoms with E-state index in [4.69, 9.17) is 5.11 Å². The van der Waals surface area contributed by atoms with Gasteiger partial charge in [-0.15, -0.1) is 0 Å². The average molecular weight is 251 g/mol. The van der Waals surface area contributed by atoms with Gasteiger partial charge in [0.1, 0.15) is 5.82 Å². The lowest BCUT2D eigenvalue weighted by Gasteiger charge is -2.28. The van der Waals surface area contributed by atoms with Crippen LogP contribution in [0, 0.1) is 5.82 Å². The first-order chi connectivity index (χ1) is 8.56. The van der Waals surface area contributed by atoms with Gasteiger partial charge in [-0.25, -0.2) is 4.39 Å². The summed E-state index contributed by atoms with van der Waals surface area (Å²) in [5.41, 5.74) is 1.86. The molecule has 0 bridgehead atoms. The maximum absolute atomic E-state index is 13.0. The van der Waals surface area contributed by atoms with Crippen molar-refractivity contribution in [1.29, 1.82) is 0 Å². The van der Waals surface area contributed by atoms with Crippen molar-refractivity contribution in [1.82, 2.24) is 4.90 Å². The Morgan fingerprint density at radius 2 is 2.06 bits per heavy atom. The molecule has 0 radical (unpaired) electrons. The van der Waals surface area contributed by atoms with Gasteiger partial charge in [0, 0.05) is 19.5 Å². The van der Waals surface area contributed by atoms with E-state index < -0.39 is 5.97 Å². The van der Waals surface area contributed by atoms with E-state index in [1.165, 1.54) is 12.1 Å². The third-order valence-electron chi connectivity index (χ3n) is 3.09. The Labute approximate surface area is 104 Å². The van der Waals surface area contributed by atoms with Gasteiger partial charge in [-0.2, -0.15) is 0 Å². The van der Waals surface area contributed by atoms with Crippen LogP contribution in [-0.2, 0) is 22.6 Å². The highest BCUT2D eigenvalue weighted by Crippen LogP contribution is 2.20. The Kier molecular flexibility index (Phi) is 3.60. The van der Waals surface area contributed by atoms with Gasteiger partial charge in [0.05, 0.1) is 6.42 Å². The zero-order valence-corrected chi connectivity index (χ0v) is 9.86. The van der Waals surface area contributed by atoms with Crippen molar-refractivity contribution in [2.45, 2.75) is 25.8 Å². The van der Waals surface area contributed by atoms with Crippen LogP contribution in [0.3, 0.4) is 0 Å². The second-order valence-electron chi connectivity index (χ2n) is 4.37. The van der Waals surface area contributed by atoms with Crippen LogP contribution in [0.15, 0.2) is 18.2 Å². The fourth-order valence-electron chi connectivity index (χ4n) is 2.11. The van der Waals surface area contributed by atoms with E-state index >= 15 is 0 Å². The smallest absolute Gasteiger partial charge is 0.303 e. The average Bonchev–Trinajstić information content (AvgIpc) is 2.35. The van der Waals surface area contributed by atoms with Crippen molar-refractivity contribution in [3.05, 3.63) is 35.1 Å². The molecule has 0 fully saturated rings. The molecule has 0 saturated carbocycles. The van der Waals surface area contributed by atoms with Crippen LogP contribution in [0.5, 0.6) is 0 Å². The molecule has 0 unspecified atom stereocenters. The highest BCUT2D eigenvalue weighted by Gasteiger charge is 2.21. The molecule has 0 saturated heterocycles. The molecule has 2 rings (SSSR count). The number of carboxylic acids is 1. The predicted octanol–water partition coefficient (Wildman–Crippen LogP) is 1.58. The lowest BCUT2D eigenvalue weighted by molar-refractivity contribution is -0.141. The minimum absolute atomic E-state index is 0.0197. The van der Waals surface area contributed by atoms with Crippen molar-refractivity contribution >= 4 is 11.9 Å². The van der Waals surface area contributed by atoms with Crippen LogP contribution in [-0.4, -0.2) is 28.4 Å². The minimum Gasteiger partial charge on any atom is -0.481 e. The summed E-state index contributed by atoms with van der Waals surface area (Å²) in [6, 6.07) is 4.56. The van der Waals surface area contributed by atoms with Gasteiger partial charge in [-0.1, -0.05) is 6.07 Å². The van der Waals surface area contributed by atoms with Crippen LogP contribution in [0.25, 0.3) is 0 Å². The third-order valence-corrected chi connectivity index (χ3v) is 3.09. The predicted molar refractivity (Wildman–Crippen MR) is 62.4 cm³/mol. The van der Waals surface area contributed by atoms with Gasteiger partial charge >= 0.3 is 5.97 Å². The number of amides is 1. The summed E-state index contributed by atoms with van der Waals surface area (Å²) in [5.74, 6) is -1.39. The summed E-state index contributed by atoms with van der Waals surface area (Å²) in [7, 11) is 0. The molecule has 1 aromatic carbocycles. The molecular formula is C13H14FNO3. The van der Waals surface area contributed by atoms with Crippen LogP contribution in [0.2, 0.25) is 0 Å². The maximum Gasteiger partial charge on any atom is 0.303 e. The molecule has 0 atom stereocenters. The largest absolute Gasteiger partial charge is 0.481 e. The molecule has 96 valence electrons. The number of carbonyl (C=O) groups excluding carboxylic acids is 1. The second-order valence-corrected chi connectivity index (χ2v) is 4.37. The van der Waals surface area contributed by atoms with E-state index in [1.54, 1.807) is 11.0 Å². The lowest BCUT2D eigenvalue weighted by atomic mass is 9.99. The van der Waals surface area contributed by atoms with E-state index in [1.807, 2.05) is 0 Å². The number of hydrogen-bond donors (Lipinski definition) is 1. The van der Waals surface area contributed by atoms with Gasteiger partial charge in [-0.05, 0) is 29.7 Å². The Balaban J connectivity index is 2.01. The third kappa shape index (κ3) is 2.85. The topological polar surface area (TPSA) is 57.6 Å². The summed E-state index contributed by atoms with van der Waals surface area (Å²) < 4.78 is 13.0. The molecule has 1 aliphatic heterocycles. The molecule has 4 nitrogen and oxygen atoms in total. The van der Waals surface area contributed by atoms with Gasteiger partial charge < -0.3 is 10.0 Å².